The lowest BCUT2D eigenvalue weighted by Crippen LogP contribution is -2.21. The van der Waals surface area contributed by atoms with Gasteiger partial charge in [0.25, 0.3) is 0 Å². The highest BCUT2D eigenvalue weighted by Gasteiger charge is 2.35. The minimum absolute atomic E-state index is 0.117. The van der Waals surface area contributed by atoms with Crippen LogP contribution in [0.5, 0.6) is 0 Å². The standard InChI is InChI=1S/C20H25F3N6O2S/c1-7-25-14-28(5)11-9-10-17(32(30,31)8-2)19(24-4)29(6)27-16-12-18(20(21,22)23)26-13-15(16)3/h7,9-10,12-14H,1,3-4,8,11H2,2,5-6H3/b10-9-,19-17-,25-14-,27-16-. The van der Waals surface area contributed by atoms with E-state index in [4.69, 9.17) is 0 Å². The molecule has 1 aliphatic heterocycles. The van der Waals surface area contributed by atoms with Gasteiger partial charge in [0.15, 0.2) is 15.7 Å². The summed E-state index contributed by atoms with van der Waals surface area (Å²) in [4.78, 5) is 12.4. The van der Waals surface area contributed by atoms with Crippen LogP contribution in [0, 0.1) is 0 Å². The third kappa shape index (κ3) is 7.45. The van der Waals surface area contributed by atoms with Crippen molar-refractivity contribution in [1.82, 2.24) is 9.91 Å². The Morgan fingerprint density at radius 3 is 2.50 bits per heavy atom. The number of likely N-dealkylation sites (N-methyl/N-ethyl adjacent to an activating group) is 1. The van der Waals surface area contributed by atoms with Gasteiger partial charge in [-0.2, -0.15) is 18.3 Å². The summed E-state index contributed by atoms with van der Waals surface area (Å²) >= 11 is 0. The fourth-order valence-electron chi connectivity index (χ4n) is 2.28. The van der Waals surface area contributed by atoms with E-state index < -0.39 is 21.7 Å². The summed E-state index contributed by atoms with van der Waals surface area (Å²) in [5, 5.41) is 5.09. The Labute approximate surface area is 185 Å². The highest BCUT2D eigenvalue weighted by molar-refractivity contribution is 7.95. The zero-order chi connectivity index (χ0) is 24.5. The highest BCUT2D eigenvalue weighted by Crippen LogP contribution is 2.29. The lowest BCUT2D eigenvalue weighted by Gasteiger charge is -2.19. The summed E-state index contributed by atoms with van der Waals surface area (Å²) in [5.41, 5.74) is -1.18. The summed E-state index contributed by atoms with van der Waals surface area (Å²) in [6.07, 6.45) is 2.74. The molecule has 1 aliphatic rings. The fourth-order valence-corrected chi connectivity index (χ4v) is 3.37. The number of halogens is 3. The van der Waals surface area contributed by atoms with E-state index in [9.17, 15) is 21.6 Å². The monoisotopic (exact) mass is 470 g/mol. The second-order valence-corrected chi connectivity index (χ2v) is 8.60. The number of hydrazone groups is 1. The van der Waals surface area contributed by atoms with Gasteiger partial charge in [-0.05, 0) is 18.9 Å². The van der Waals surface area contributed by atoms with Crippen LogP contribution in [0.15, 0.2) is 79.7 Å². The molecule has 12 heteroatoms. The summed E-state index contributed by atoms with van der Waals surface area (Å²) in [7, 11) is -0.715. The van der Waals surface area contributed by atoms with Gasteiger partial charge < -0.3 is 4.90 Å². The first-order chi connectivity index (χ1) is 14.9. The molecule has 32 heavy (non-hydrogen) atoms. The molecule has 0 saturated heterocycles. The molecular weight excluding hydrogens is 445 g/mol. The van der Waals surface area contributed by atoms with E-state index in [0.717, 1.165) is 17.3 Å². The first-order valence-electron chi connectivity index (χ1n) is 9.16. The molecule has 0 radical (unpaired) electrons. The molecule has 0 aromatic rings. The van der Waals surface area contributed by atoms with Crippen molar-refractivity contribution in [2.24, 2.45) is 20.1 Å². The van der Waals surface area contributed by atoms with Crippen molar-refractivity contribution in [3.05, 3.63) is 59.6 Å². The van der Waals surface area contributed by atoms with Crippen LogP contribution in [0.3, 0.4) is 0 Å². The first-order valence-corrected chi connectivity index (χ1v) is 10.8. The van der Waals surface area contributed by atoms with Crippen LogP contribution < -0.4 is 0 Å². The molecule has 8 nitrogen and oxygen atoms in total. The van der Waals surface area contributed by atoms with Gasteiger partial charge in [0.1, 0.15) is 10.6 Å². The number of alkyl halides is 3. The number of hydrogen-bond donors (Lipinski definition) is 0. The first kappa shape index (κ1) is 26.8. The van der Waals surface area contributed by atoms with Crippen LogP contribution in [0.4, 0.5) is 13.2 Å². The average Bonchev–Trinajstić information content (AvgIpc) is 2.72. The van der Waals surface area contributed by atoms with Gasteiger partial charge in [0.05, 0.1) is 17.8 Å². The van der Waals surface area contributed by atoms with Crippen molar-refractivity contribution >= 4 is 34.8 Å². The van der Waals surface area contributed by atoms with Crippen molar-refractivity contribution in [2.45, 2.75) is 13.1 Å². The normalized spacial score (nSPS) is 17.0. The van der Waals surface area contributed by atoms with Gasteiger partial charge in [-0.3, -0.25) is 4.99 Å². The Hall–Kier alpha value is -3.28. The smallest absolute Gasteiger partial charge is 0.362 e. The van der Waals surface area contributed by atoms with E-state index in [1.807, 2.05) is 0 Å². The Morgan fingerprint density at radius 1 is 1.31 bits per heavy atom. The zero-order valence-electron chi connectivity index (χ0n) is 18.0. The molecule has 1 heterocycles. The molecule has 174 valence electrons. The molecule has 0 aromatic heterocycles. The minimum Gasteiger partial charge on any atom is -0.362 e. The number of nitrogens with zero attached hydrogens (tertiary/aromatic N) is 6. The molecule has 0 fully saturated rings. The fraction of sp³-hybridized carbons (Fsp3) is 0.300. The largest absolute Gasteiger partial charge is 0.433 e. The molecule has 0 saturated carbocycles. The molecule has 0 aliphatic carbocycles. The maximum absolute atomic E-state index is 13.0. The zero-order valence-corrected chi connectivity index (χ0v) is 18.9. The summed E-state index contributed by atoms with van der Waals surface area (Å²) in [6, 6.07) is 0. The number of hydrogen-bond acceptors (Lipinski definition) is 7. The number of aliphatic imine (C=N–C) groups is 3. The SMILES string of the molecule is C=C/N=C\N(C)C/C=C\C(=C(/N=C)N(C)/N=C1/C=C(C(F)(F)F)N=CC1=C)S(=O)(=O)CC. The third-order valence-electron chi connectivity index (χ3n) is 3.93. The lowest BCUT2D eigenvalue weighted by atomic mass is 10.1. The number of rotatable bonds is 10. The molecule has 0 aromatic carbocycles. The minimum atomic E-state index is -4.67. The van der Waals surface area contributed by atoms with Gasteiger partial charge in [0, 0.05) is 38.6 Å². The van der Waals surface area contributed by atoms with Crippen LogP contribution in [-0.2, 0) is 9.84 Å². The van der Waals surface area contributed by atoms with Gasteiger partial charge in [-0.15, -0.1) is 0 Å². The average molecular weight is 471 g/mol. The van der Waals surface area contributed by atoms with Crippen LogP contribution >= 0.6 is 0 Å². The van der Waals surface area contributed by atoms with Gasteiger partial charge in [-0.1, -0.05) is 26.2 Å². The Balaban J connectivity index is 3.45. The molecule has 1 rings (SSSR count). The number of sulfone groups is 1. The number of allylic oxidation sites excluding steroid dienone is 4. The topological polar surface area (TPSA) is 90.1 Å². The molecule has 0 unspecified atom stereocenters. The van der Waals surface area contributed by atoms with Crippen LogP contribution in [0.25, 0.3) is 0 Å². The lowest BCUT2D eigenvalue weighted by molar-refractivity contribution is -0.0922. The Morgan fingerprint density at radius 2 is 1.97 bits per heavy atom. The molecule has 0 spiro atoms. The van der Waals surface area contributed by atoms with Gasteiger partial charge in [-0.25, -0.2) is 23.4 Å². The van der Waals surface area contributed by atoms with Crippen molar-refractivity contribution < 1.29 is 21.6 Å². The second kappa shape index (κ2) is 11.4. The predicted molar refractivity (Wildman–Crippen MR) is 123 cm³/mol. The van der Waals surface area contributed by atoms with Crippen LogP contribution in [0.2, 0.25) is 0 Å². The highest BCUT2D eigenvalue weighted by atomic mass is 32.2. The maximum atomic E-state index is 13.0. The van der Waals surface area contributed by atoms with Crippen molar-refractivity contribution in [3.63, 3.8) is 0 Å². The Bertz CT molecular complexity index is 1030. The van der Waals surface area contributed by atoms with Crippen LogP contribution in [-0.4, -0.2) is 75.9 Å². The molecule has 0 atom stereocenters. The van der Waals surface area contributed by atoms with Gasteiger partial charge >= 0.3 is 6.18 Å². The van der Waals surface area contributed by atoms with E-state index in [2.05, 4.69) is 40.0 Å². The van der Waals surface area contributed by atoms with Crippen molar-refractivity contribution in [1.29, 1.82) is 0 Å². The third-order valence-corrected chi connectivity index (χ3v) is 5.68. The van der Waals surface area contributed by atoms with E-state index in [0.29, 0.717) is 6.54 Å². The Kier molecular flexibility index (Phi) is 9.51. The maximum Gasteiger partial charge on any atom is 0.433 e. The van der Waals surface area contributed by atoms with E-state index in [1.165, 1.54) is 32.6 Å². The van der Waals surface area contributed by atoms with E-state index >= 15 is 0 Å². The molecule has 0 N–H and O–H groups in total. The van der Waals surface area contributed by atoms with Crippen molar-refractivity contribution in [3.8, 4) is 0 Å². The van der Waals surface area contributed by atoms with Crippen molar-refractivity contribution in [2.75, 3.05) is 26.4 Å². The quantitative estimate of drug-likeness (QED) is 0.212. The van der Waals surface area contributed by atoms with Gasteiger partial charge in [0.2, 0.25) is 0 Å². The predicted octanol–water partition coefficient (Wildman–Crippen LogP) is 3.33. The molecule has 0 amide bonds. The summed E-state index contributed by atoms with van der Waals surface area (Å²) in [5.74, 6) is -0.392. The van der Waals surface area contributed by atoms with E-state index in [1.54, 1.807) is 18.0 Å². The molecule has 0 bridgehead atoms. The van der Waals surface area contributed by atoms with E-state index in [-0.39, 0.29) is 27.8 Å². The summed E-state index contributed by atoms with van der Waals surface area (Å²) < 4.78 is 64.3. The van der Waals surface area contributed by atoms with Crippen LogP contribution in [0.1, 0.15) is 6.92 Å². The molecular formula is C20H25F3N6O2S. The summed E-state index contributed by atoms with van der Waals surface area (Å²) in [6.45, 7) is 12.2. The second-order valence-electron chi connectivity index (χ2n) is 6.36.